The van der Waals surface area contributed by atoms with Crippen LogP contribution in [0, 0.1) is 5.41 Å². The SMILES string of the molecule is CC.CC1=NCCC(C)(C)C1. The molecule has 1 aliphatic heterocycles. The first-order valence-corrected chi connectivity index (χ1v) is 4.60. The Bertz CT molecular complexity index is 134. The average Bonchev–Trinajstić information content (AvgIpc) is 1.89. The van der Waals surface area contributed by atoms with Crippen LogP contribution in [0.4, 0.5) is 0 Å². The van der Waals surface area contributed by atoms with E-state index in [0.29, 0.717) is 5.41 Å². The van der Waals surface area contributed by atoms with E-state index in [9.17, 15) is 0 Å². The molecule has 0 unspecified atom stereocenters. The maximum Gasteiger partial charge on any atom is 0.0393 e. The molecule has 0 bridgehead atoms. The van der Waals surface area contributed by atoms with E-state index in [4.69, 9.17) is 0 Å². The lowest BCUT2D eigenvalue weighted by molar-refractivity contribution is 0.343. The molecule has 0 aromatic rings. The number of hydrogen-bond donors (Lipinski definition) is 0. The van der Waals surface area contributed by atoms with E-state index in [1.165, 1.54) is 18.6 Å². The number of rotatable bonds is 0. The van der Waals surface area contributed by atoms with Gasteiger partial charge in [-0.1, -0.05) is 27.7 Å². The van der Waals surface area contributed by atoms with Crippen molar-refractivity contribution in [3.8, 4) is 0 Å². The molecule has 1 heteroatoms. The molecule has 0 N–H and O–H groups in total. The molecule has 0 atom stereocenters. The molecule has 11 heavy (non-hydrogen) atoms. The number of nitrogens with zero attached hydrogens (tertiary/aromatic N) is 1. The summed E-state index contributed by atoms with van der Waals surface area (Å²) in [6, 6.07) is 0. The van der Waals surface area contributed by atoms with E-state index in [2.05, 4.69) is 25.8 Å². The molecular weight excluding hydrogens is 134 g/mol. The molecule has 0 aromatic carbocycles. The van der Waals surface area contributed by atoms with E-state index in [0.717, 1.165) is 6.54 Å². The quantitative estimate of drug-likeness (QED) is 0.509. The Hall–Kier alpha value is -0.330. The Morgan fingerprint density at radius 3 is 2.09 bits per heavy atom. The first-order valence-electron chi connectivity index (χ1n) is 4.60. The van der Waals surface area contributed by atoms with E-state index < -0.39 is 0 Å². The molecule has 0 saturated carbocycles. The molecule has 0 fully saturated rings. The van der Waals surface area contributed by atoms with Crippen molar-refractivity contribution >= 4 is 5.71 Å². The van der Waals surface area contributed by atoms with Gasteiger partial charge in [0.05, 0.1) is 0 Å². The predicted octanol–water partition coefficient (Wildman–Crippen LogP) is 3.29. The van der Waals surface area contributed by atoms with Crippen LogP contribution in [0.15, 0.2) is 4.99 Å². The summed E-state index contributed by atoms with van der Waals surface area (Å²) in [6.07, 6.45) is 2.44. The van der Waals surface area contributed by atoms with E-state index >= 15 is 0 Å². The molecule has 1 aliphatic rings. The van der Waals surface area contributed by atoms with Gasteiger partial charge < -0.3 is 0 Å². The van der Waals surface area contributed by atoms with Gasteiger partial charge in [0.15, 0.2) is 0 Å². The molecule has 0 aromatic heterocycles. The van der Waals surface area contributed by atoms with Gasteiger partial charge in [0.25, 0.3) is 0 Å². The van der Waals surface area contributed by atoms with Gasteiger partial charge in [-0.3, -0.25) is 4.99 Å². The zero-order valence-electron chi connectivity index (χ0n) is 8.57. The van der Waals surface area contributed by atoms with Crippen molar-refractivity contribution in [2.24, 2.45) is 10.4 Å². The van der Waals surface area contributed by atoms with Crippen LogP contribution < -0.4 is 0 Å². The molecule has 66 valence electrons. The van der Waals surface area contributed by atoms with Crippen molar-refractivity contribution in [2.75, 3.05) is 6.54 Å². The van der Waals surface area contributed by atoms with E-state index in [1.54, 1.807) is 0 Å². The maximum atomic E-state index is 4.34. The fourth-order valence-electron chi connectivity index (χ4n) is 1.39. The van der Waals surface area contributed by atoms with Gasteiger partial charge in [-0.25, -0.2) is 0 Å². The minimum atomic E-state index is 0.520. The van der Waals surface area contributed by atoms with Gasteiger partial charge in [0.2, 0.25) is 0 Å². The average molecular weight is 155 g/mol. The normalized spacial score (nSPS) is 21.4. The fraction of sp³-hybridized carbons (Fsp3) is 0.900. The number of aliphatic imine (C=N–C) groups is 1. The van der Waals surface area contributed by atoms with Crippen LogP contribution in [0.2, 0.25) is 0 Å². The van der Waals surface area contributed by atoms with Crippen LogP contribution >= 0.6 is 0 Å². The molecule has 0 amide bonds. The highest BCUT2D eigenvalue weighted by Crippen LogP contribution is 2.28. The van der Waals surface area contributed by atoms with E-state index in [-0.39, 0.29) is 0 Å². The van der Waals surface area contributed by atoms with Crippen molar-refractivity contribution in [3.63, 3.8) is 0 Å². The second-order valence-electron chi connectivity index (χ2n) is 3.71. The second-order valence-corrected chi connectivity index (χ2v) is 3.71. The molecule has 1 nitrogen and oxygen atoms in total. The van der Waals surface area contributed by atoms with Crippen molar-refractivity contribution in [1.82, 2.24) is 0 Å². The summed E-state index contributed by atoms with van der Waals surface area (Å²) >= 11 is 0. The van der Waals surface area contributed by atoms with Crippen LogP contribution in [0.25, 0.3) is 0 Å². The fourth-order valence-corrected chi connectivity index (χ4v) is 1.39. The zero-order valence-corrected chi connectivity index (χ0v) is 8.57. The van der Waals surface area contributed by atoms with E-state index in [1.807, 2.05) is 13.8 Å². The zero-order chi connectivity index (χ0) is 8.91. The Balaban J connectivity index is 0.000000461. The lowest BCUT2D eigenvalue weighted by atomic mass is 9.82. The minimum Gasteiger partial charge on any atom is -0.294 e. The highest BCUT2D eigenvalue weighted by atomic mass is 14.8. The van der Waals surface area contributed by atoms with Gasteiger partial charge >= 0.3 is 0 Å². The Morgan fingerprint density at radius 2 is 1.82 bits per heavy atom. The van der Waals surface area contributed by atoms with Crippen LogP contribution in [0.5, 0.6) is 0 Å². The largest absolute Gasteiger partial charge is 0.294 e. The first kappa shape index (κ1) is 10.7. The molecule has 1 rings (SSSR count). The Morgan fingerprint density at radius 1 is 1.27 bits per heavy atom. The lowest BCUT2D eigenvalue weighted by Gasteiger charge is -2.27. The van der Waals surface area contributed by atoms with Crippen molar-refractivity contribution in [3.05, 3.63) is 0 Å². The third-order valence-electron chi connectivity index (χ3n) is 1.90. The number of hydrogen-bond acceptors (Lipinski definition) is 1. The second kappa shape index (κ2) is 4.53. The summed E-state index contributed by atoms with van der Waals surface area (Å²) in [5, 5.41) is 0. The molecular formula is C10H21N. The topological polar surface area (TPSA) is 12.4 Å². The summed E-state index contributed by atoms with van der Waals surface area (Å²) in [4.78, 5) is 4.34. The predicted molar refractivity (Wildman–Crippen MR) is 52.3 cm³/mol. The van der Waals surface area contributed by atoms with Gasteiger partial charge in [0, 0.05) is 12.3 Å². The minimum absolute atomic E-state index is 0.520. The van der Waals surface area contributed by atoms with Crippen LogP contribution in [0.1, 0.15) is 47.5 Å². The van der Waals surface area contributed by atoms with Gasteiger partial charge in [0.1, 0.15) is 0 Å². The van der Waals surface area contributed by atoms with Crippen LogP contribution in [-0.2, 0) is 0 Å². The van der Waals surface area contributed by atoms with Crippen LogP contribution in [-0.4, -0.2) is 12.3 Å². The Kier molecular flexibility index (Phi) is 4.39. The summed E-state index contributed by atoms with van der Waals surface area (Å²) in [5.41, 5.74) is 1.84. The smallest absolute Gasteiger partial charge is 0.0393 e. The maximum absolute atomic E-state index is 4.34. The molecule has 0 aliphatic carbocycles. The molecule has 0 saturated heterocycles. The summed E-state index contributed by atoms with van der Waals surface area (Å²) in [5.74, 6) is 0. The highest BCUT2D eigenvalue weighted by Gasteiger charge is 2.21. The highest BCUT2D eigenvalue weighted by molar-refractivity contribution is 5.83. The van der Waals surface area contributed by atoms with Crippen molar-refractivity contribution < 1.29 is 0 Å². The summed E-state index contributed by atoms with van der Waals surface area (Å²) in [7, 11) is 0. The molecule has 0 spiro atoms. The van der Waals surface area contributed by atoms with Crippen molar-refractivity contribution in [1.29, 1.82) is 0 Å². The summed E-state index contributed by atoms with van der Waals surface area (Å²) < 4.78 is 0. The third kappa shape index (κ3) is 4.18. The Labute approximate surface area is 70.9 Å². The molecule has 1 heterocycles. The summed E-state index contributed by atoms with van der Waals surface area (Å²) in [6.45, 7) is 11.8. The van der Waals surface area contributed by atoms with Gasteiger partial charge in [-0.2, -0.15) is 0 Å². The monoisotopic (exact) mass is 155 g/mol. The van der Waals surface area contributed by atoms with Crippen molar-refractivity contribution in [2.45, 2.75) is 47.5 Å². The first-order chi connectivity index (χ1) is 5.10. The standard InChI is InChI=1S/C8H15N.C2H6/c1-7-6-8(2,3)4-5-9-7;1-2/h4-6H2,1-3H3;1-2H3. The third-order valence-corrected chi connectivity index (χ3v) is 1.90. The van der Waals surface area contributed by atoms with Crippen LogP contribution in [0.3, 0.4) is 0 Å². The van der Waals surface area contributed by atoms with Gasteiger partial charge in [-0.05, 0) is 25.2 Å². The molecule has 0 radical (unpaired) electrons. The lowest BCUT2D eigenvalue weighted by Crippen LogP contribution is -2.21. The van der Waals surface area contributed by atoms with Gasteiger partial charge in [-0.15, -0.1) is 0 Å².